The van der Waals surface area contributed by atoms with Gasteiger partial charge in [0.25, 0.3) is 5.95 Å². The minimum Gasteiger partial charge on any atom is -0.497 e. The minimum absolute atomic E-state index is 0.549. The van der Waals surface area contributed by atoms with Crippen LogP contribution in [0.5, 0.6) is 5.75 Å². The Morgan fingerprint density at radius 3 is 2.62 bits per heavy atom. The molecule has 0 aliphatic rings. The number of hydrogen-bond donors (Lipinski definition) is 0. The standard InChI is InChI=1S/C16H17BrN6O/c1-10-7-11(2)22(21-10)16-20-19-12(3)23(16)18-9-13-8-14(24-4)5-6-15(13)17/h5-9H,1-4H3/b18-9-. The predicted octanol–water partition coefficient (Wildman–Crippen LogP) is 3.04. The van der Waals surface area contributed by atoms with Crippen LogP contribution in [0, 0.1) is 20.8 Å². The summed E-state index contributed by atoms with van der Waals surface area (Å²) < 4.78 is 9.56. The molecule has 3 rings (SSSR count). The average molecular weight is 389 g/mol. The van der Waals surface area contributed by atoms with Crippen LogP contribution >= 0.6 is 15.9 Å². The Balaban J connectivity index is 2.02. The highest BCUT2D eigenvalue weighted by Crippen LogP contribution is 2.21. The lowest BCUT2D eigenvalue weighted by molar-refractivity contribution is 0.414. The molecule has 0 unspecified atom stereocenters. The van der Waals surface area contributed by atoms with Gasteiger partial charge in [-0.25, -0.2) is 4.68 Å². The molecule has 0 amide bonds. The third-order valence-corrected chi connectivity index (χ3v) is 4.22. The molecule has 7 nitrogen and oxygen atoms in total. The van der Waals surface area contributed by atoms with Gasteiger partial charge in [0.2, 0.25) is 0 Å². The summed E-state index contributed by atoms with van der Waals surface area (Å²) in [5.41, 5.74) is 2.78. The van der Waals surface area contributed by atoms with Crippen LogP contribution in [0.4, 0.5) is 0 Å². The third kappa shape index (κ3) is 3.09. The van der Waals surface area contributed by atoms with Gasteiger partial charge >= 0.3 is 0 Å². The van der Waals surface area contributed by atoms with E-state index in [0.29, 0.717) is 11.8 Å². The number of halogens is 1. The van der Waals surface area contributed by atoms with E-state index in [4.69, 9.17) is 4.74 Å². The molecule has 8 heteroatoms. The molecule has 0 aliphatic heterocycles. The van der Waals surface area contributed by atoms with E-state index in [9.17, 15) is 0 Å². The van der Waals surface area contributed by atoms with Gasteiger partial charge in [0.05, 0.1) is 19.0 Å². The topological polar surface area (TPSA) is 70.1 Å². The van der Waals surface area contributed by atoms with E-state index in [1.165, 1.54) is 0 Å². The number of hydrogen-bond acceptors (Lipinski definition) is 5. The fraction of sp³-hybridized carbons (Fsp3) is 0.250. The summed E-state index contributed by atoms with van der Waals surface area (Å²) in [7, 11) is 1.63. The van der Waals surface area contributed by atoms with Crippen LogP contribution in [-0.4, -0.2) is 38.0 Å². The molecule has 0 radical (unpaired) electrons. The smallest absolute Gasteiger partial charge is 0.273 e. The van der Waals surface area contributed by atoms with Crippen molar-refractivity contribution in [2.45, 2.75) is 20.8 Å². The van der Waals surface area contributed by atoms with Crippen molar-refractivity contribution in [2.75, 3.05) is 7.11 Å². The van der Waals surface area contributed by atoms with E-state index in [1.54, 1.807) is 22.7 Å². The van der Waals surface area contributed by atoms with Gasteiger partial charge in [0.1, 0.15) is 5.75 Å². The molecular weight excluding hydrogens is 372 g/mol. The maximum absolute atomic E-state index is 5.25. The molecule has 0 bridgehead atoms. The highest BCUT2D eigenvalue weighted by atomic mass is 79.9. The second kappa shape index (κ2) is 6.56. The summed E-state index contributed by atoms with van der Waals surface area (Å²) in [6, 6.07) is 7.68. The summed E-state index contributed by atoms with van der Waals surface area (Å²) in [6.07, 6.45) is 1.73. The molecule has 0 aliphatic carbocycles. The van der Waals surface area contributed by atoms with Crippen LogP contribution in [0.15, 0.2) is 33.8 Å². The normalized spacial score (nSPS) is 11.4. The van der Waals surface area contributed by atoms with Crippen molar-refractivity contribution in [3.63, 3.8) is 0 Å². The maximum Gasteiger partial charge on any atom is 0.273 e. The van der Waals surface area contributed by atoms with Gasteiger partial charge < -0.3 is 4.74 Å². The van der Waals surface area contributed by atoms with Crippen molar-refractivity contribution in [2.24, 2.45) is 5.10 Å². The molecule has 0 spiro atoms. The van der Waals surface area contributed by atoms with E-state index in [0.717, 1.165) is 27.2 Å². The molecule has 3 aromatic rings. The van der Waals surface area contributed by atoms with E-state index in [2.05, 4.69) is 36.3 Å². The van der Waals surface area contributed by atoms with Crippen molar-refractivity contribution in [1.29, 1.82) is 0 Å². The predicted molar refractivity (Wildman–Crippen MR) is 95.0 cm³/mol. The van der Waals surface area contributed by atoms with Crippen LogP contribution in [0.1, 0.15) is 22.8 Å². The van der Waals surface area contributed by atoms with Crippen LogP contribution in [0.25, 0.3) is 5.95 Å². The van der Waals surface area contributed by atoms with Crippen molar-refractivity contribution in [3.05, 3.63) is 51.5 Å². The zero-order valence-electron chi connectivity index (χ0n) is 13.9. The highest BCUT2D eigenvalue weighted by molar-refractivity contribution is 9.10. The van der Waals surface area contributed by atoms with Crippen molar-refractivity contribution >= 4 is 22.1 Å². The van der Waals surface area contributed by atoms with E-state index < -0.39 is 0 Å². The number of rotatable bonds is 4. The van der Waals surface area contributed by atoms with Gasteiger partial charge in [0.15, 0.2) is 5.82 Å². The van der Waals surface area contributed by atoms with Crippen LogP contribution < -0.4 is 4.74 Å². The molecule has 0 saturated heterocycles. The molecule has 0 fully saturated rings. The van der Waals surface area contributed by atoms with Crippen LogP contribution in [0.2, 0.25) is 0 Å². The summed E-state index contributed by atoms with van der Waals surface area (Å²) >= 11 is 3.52. The zero-order valence-corrected chi connectivity index (χ0v) is 15.4. The van der Waals surface area contributed by atoms with Gasteiger partial charge in [-0.2, -0.15) is 14.9 Å². The largest absolute Gasteiger partial charge is 0.497 e. The average Bonchev–Trinajstić information content (AvgIpc) is 3.08. The lowest BCUT2D eigenvalue weighted by Crippen LogP contribution is -2.08. The van der Waals surface area contributed by atoms with Crippen molar-refractivity contribution < 1.29 is 4.74 Å². The molecule has 2 heterocycles. The van der Waals surface area contributed by atoms with Gasteiger partial charge in [-0.05, 0) is 45.0 Å². The van der Waals surface area contributed by atoms with Crippen molar-refractivity contribution in [1.82, 2.24) is 24.7 Å². The Bertz CT molecular complexity index is 911. The maximum atomic E-state index is 5.25. The number of benzene rings is 1. The van der Waals surface area contributed by atoms with E-state index in [-0.39, 0.29) is 0 Å². The SMILES string of the molecule is COc1ccc(Br)c(/C=N\n2c(C)nnc2-n2nc(C)cc2C)c1. The molecule has 0 N–H and O–H groups in total. The van der Waals surface area contributed by atoms with Crippen LogP contribution in [-0.2, 0) is 0 Å². The first-order chi connectivity index (χ1) is 11.5. The fourth-order valence-corrected chi connectivity index (χ4v) is 2.66. The second-order valence-corrected chi connectivity index (χ2v) is 6.18. The summed E-state index contributed by atoms with van der Waals surface area (Å²) in [6.45, 7) is 5.75. The Morgan fingerprint density at radius 1 is 1.17 bits per heavy atom. The number of aryl methyl sites for hydroxylation is 3. The third-order valence-electron chi connectivity index (χ3n) is 3.49. The van der Waals surface area contributed by atoms with Crippen LogP contribution in [0.3, 0.4) is 0 Å². The first kappa shape index (κ1) is 16.4. The minimum atomic E-state index is 0.549. The highest BCUT2D eigenvalue weighted by Gasteiger charge is 2.13. The molecular formula is C16H17BrN6O. The van der Waals surface area contributed by atoms with Gasteiger partial charge in [-0.3, -0.25) is 0 Å². The number of aromatic nitrogens is 5. The van der Waals surface area contributed by atoms with Crippen molar-refractivity contribution in [3.8, 4) is 11.7 Å². The summed E-state index contributed by atoms with van der Waals surface area (Å²) in [5, 5.41) is 17.3. The lowest BCUT2D eigenvalue weighted by atomic mass is 10.2. The molecule has 124 valence electrons. The summed E-state index contributed by atoms with van der Waals surface area (Å²) in [4.78, 5) is 0. The Hall–Kier alpha value is -2.48. The number of ether oxygens (including phenoxy) is 1. The molecule has 0 atom stereocenters. The monoisotopic (exact) mass is 388 g/mol. The molecule has 2 aromatic heterocycles. The van der Waals surface area contributed by atoms with E-state index in [1.807, 2.05) is 45.0 Å². The number of nitrogens with zero attached hydrogens (tertiary/aromatic N) is 6. The summed E-state index contributed by atoms with van der Waals surface area (Å²) in [5.74, 6) is 1.99. The van der Waals surface area contributed by atoms with Gasteiger partial charge in [-0.15, -0.1) is 10.2 Å². The zero-order chi connectivity index (χ0) is 17.3. The quantitative estimate of drug-likeness (QED) is 0.644. The first-order valence-corrected chi connectivity index (χ1v) is 8.12. The van der Waals surface area contributed by atoms with E-state index >= 15 is 0 Å². The number of methoxy groups -OCH3 is 1. The Kier molecular flexibility index (Phi) is 4.48. The lowest BCUT2D eigenvalue weighted by Gasteiger charge is -2.05. The molecule has 24 heavy (non-hydrogen) atoms. The Labute approximate surface area is 148 Å². The molecule has 0 saturated carbocycles. The second-order valence-electron chi connectivity index (χ2n) is 5.33. The first-order valence-electron chi connectivity index (χ1n) is 7.33. The fourth-order valence-electron chi connectivity index (χ4n) is 2.31. The van der Waals surface area contributed by atoms with Gasteiger partial charge in [0, 0.05) is 15.7 Å². The Morgan fingerprint density at radius 2 is 1.96 bits per heavy atom. The van der Waals surface area contributed by atoms with Gasteiger partial charge in [-0.1, -0.05) is 15.9 Å². The molecule has 1 aromatic carbocycles.